The first-order valence-corrected chi connectivity index (χ1v) is 8.07. The second-order valence-corrected chi connectivity index (χ2v) is 6.70. The molecular weight excluding hydrogens is 283 g/mol. The number of aryl methyl sites for hydroxylation is 2. The molecule has 0 bridgehead atoms. The molecule has 2 aromatic rings. The Morgan fingerprint density at radius 2 is 2.05 bits per heavy atom. The van der Waals surface area contributed by atoms with E-state index < -0.39 is 0 Å². The minimum Gasteiger partial charge on any atom is -0.310 e. The van der Waals surface area contributed by atoms with Crippen molar-refractivity contribution in [1.29, 1.82) is 0 Å². The van der Waals surface area contributed by atoms with Crippen molar-refractivity contribution in [2.24, 2.45) is 0 Å². The molecule has 0 amide bonds. The first-order chi connectivity index (χ1) is 10.1. The number of nitrogens with one attached hydrogen (secondary N) is 1. The molecule has 0 unspecified atom stereocenters. The second-order valence-electron chi connectivity index (χ2n) is 5.63. The van der Waals surface area contributed by atoms with Crippen LogP contribution in [-0.2, 0) is 6.54 Å². The minimum atomic E-state index is -0.180. The van der Waals surface area contributed by atoms with Gasteiger partial charge < -0.3 is 5.32 Å². The smallest absolute Gasteiger partial charge is 0.123 e. The van der Waals surface area contributed by atoms with E-state index in [4.69, 9.17) is 0 Å². The highest BCUT2D eigenvalue weighted by atomic mass is 32.2. The number of nitrogens with zero attached hydrogens (tertiary/aromatic N) is 1. The zero-order valence-corrected chi connectivity index (χ0v) is 13.1. The molecule has 110 valence electrons. The summed E-state index contributed by atoms with van der Waals surface area (Å²) in [5.41, 5.74) is 3.22. The Hall–Kier alpha value is -1.39. The van der Waals surface area contributed by atoms with E-state index in [0.29, 0.717) is 6.04 Å². The van der Waals surface area contributed by atoms with Crippen LogP contribution in [0.3, 0.4) is 0 Å². The van der Waals surface area contributed by atoms with Gasteiger partial charge in [0.1, 0.15) is 10.8 Å². The molecule has 1 fully saturated rings. The fourth-order valence-corrected chi connectivity index (χ4v) is 3.35. The number of hydrogen-bond donors (Lipinski definition) is 1. The third-order valence-corrected chi connectivity index (χ3v) is 4.51. The molecule has 1 saturated carbocycles. The Morgan fingerprint density at radius 1 is 1.24 bits per heavy atom. The van der Waals surface area contributed by atoms with Crippen LogP contribution in [-0.4, -0.2) is 11.0 Å². The van der Waals surface area contributed by atoms with Crippen LogP contribution in [0.4, 0.5) is 4.39 Å². The first kappa shape index (κ1) is 14.5. The van der Waals surface area contributed by atoms with E-state index in [1.54, 1.807) is 17.8 Å². The highest BCUT2D eigenvalue weighted by molar-refractivity contribution is 7.99. The fourth-order valence-electron chi connectivity index (χ4n) is 2.30. The highest BCUT2D eigenvalue weighted by Gasteiger charge is 2.20. The third kappa shape index (κ3) is 4.05. The lowest BCUT2D eigenvalue weighted by Crippen LogP contribution is -2.16. The molecule has 1 aromatic heterocycles. The van der Waals surface area contributed by atoms with Crippen molar-refractivity contribution >= 4 is 11.8 Å². The fraction of sp³-hybridized carbons (Fsp3) is 0.353. The third-order valence-electron chi connectivity index (χ3n) is 3.47. The zero-order valence-electron chi connectivity index (χ0n) is 12.3. The molecule has 0 radical (unpaired) electrons. The van der Waals surface area contributed by atoms with Crippen LogP contribution in [0.15, 0.2) is 40.3 Å². The van der Waals surface area contributed by atoms with Crippen LogP contribution in [0.5, 0.6) is 0 Å². The largest absolute Gasteiger partial charge is 0.310 e. The predicted molar refractivity (Wildman–Crippen MR) is 84.1 cm³/mol. The van der Waals surface area contributed by atoms with E-state index in [-0.39, 0.29) is 5.82 Å². The predicted octanol–water partition coefficient (Wildman–Crippen LogP) is 4.24. The molecule has 4 heteroatoms. The average molecular weight is 302 g/mol. The Kier molecular flexibility index (Phi) is 4.27. The van der Waals surface area contributed by atoms with Crippen molar-refractivity contribution in [2.75, 3.05) is 0 Å². The van der Waals surface area contributed by atoms with E-state index in [1.807, 2.05) is 13.0 Å². The number of pyridine rings is 1. The number of aromatic nitrogens is 1. The maximum Gasteiger partial charge on any atom is 0.123 e. The van der Waals surface area contributed by atoms with Gasteiger partial charge in [-0.05, 0) is 68.1 Å². The quantitative estimate of drug-likeness (QED) is 0.894. The van der Waals surface area contributed by atoms with Gasteiger partial charge in [0.05, 0.1) is 0 Å². The van der Waals surface area contributed by atoms with Crippen molar-refractivity contribution in [3.63, 3.8) is 0 Å². The molecule has 1 heterocycles. The summed E-state index contributed by atoms with van der Waals surface area (Å²) in [4.78, 5) is 5.62. The van der Waals surface area contributed by atoms with Gasteiger partial charge in [0.25, 0.3) is 0 Å². The van der Waals surface area contributed by atoms with Crippen LogP contribution in [0.25, 0.3) is 0 Å². The van der Waals surface area contributed by atoms with Crippen molar-refractivity contribution in [1.82, 2.24) is 10.3 Å². The molecule has 0 aliphatic heterocycles. The molecule has 1 aliphatic carbocycles. The van der Waals surface area contributed by atoms with Gasteiger partial charge in [-0.1, -0.05) is 11.8 Å². The summed E-state index contributed by atoms with van der Waals surface area (Å²) in [6, 6.07) is 9.74. The molecule has 21 heavy (non-hydrogen) atoms. The van der Waals surface area contributed by atoms with Crippen LogP contribution < -0.4 is 5.32 Å². The van der Waals surface area contributed by atoms with Gasteiger partial charge in [-0.3, -0.25) is 0 Å². The lowest BCUT2D eigenvalue weighted by molar-refractivity contribution is 0.616. The molecule has 1 N–H and O–H groups in total. The van der Waals surface area contributed by atoms with E-state index in [0.717, 1.165) is 27.7 Å². The maximum atomic E-state index is 13.5. The topological polar surface area (TPSA) is 24.9 Å². The van der Waals surface area contributed by atoms with Crippen LogP contribution in [0, 0.1) is 19.7 Å². The van der Waals surface area contributed by atoms with Crippen molar-refractivity contribution in [3.05, 3.63) is 53.0 Å². The molecule has 2 nitrogen and oxygen atoms in total. The summed E-state index contributed by atoms with van der Waals surface area (Å²) in [6.45, 7) is 4.78. The van der Waals surface area contributed by atoms with Gasteiger partial charge in [0.2, 0.25) is 0 Å². The van der Waals surface area contributed by atoms with Gasteiger partial charge in [-0.2, -0.15) is 0 Å². The molecule has 3 rings (SSSR count). The Morgan fingerprint density at radius 3 is 2.76 bits per heavy atom. The number of hydrogen-bond acceptors (Lipinski definition) is 3. The average Bonchev–Trinajstić information content (AvgIpc) is 3.22. The monoisotopic (exact) mass is 302 g/mol. The zero-order chi connectivity index (χ0) is 14.8. The van der Waals surface area contributed by atoms with E-state index in [1.165, 1.54) is 24.5 Å². The summed E-state index contributed by atoms with van der Waals surface area (Å²) < 4.78 is 13.5. The van der Waals surface area contributed by atoms with E-state index in [9.17, 15) is 4.39 Å². The summed E-state index contributed by atoms with van der Waals surface area (Å²) in [6.07, 6.45) is 2.47. The Labute approximate surface area is 129 Å². The SMILES string of the molecule is Cc1cc(C)nc(Sc2ccc(F)cc2CNC2CC2)c1. The van der Waals surface area contributed by atoms with Crippen LogP contribution >= 0.6 is 11.8 Å². The highest BCUT2D eigenvalue weighted by Crippen LogP contribution is 2.31. The lowest BCUT2D eigenvalue weighted by Gasteiger charge is -2.11. The van der Waals surface area contributed by atoms with Crippen molar-refractivity contribution < 1.29 is 4.39 Å². The molecule has 0 atom stereocenters. The summed E-state index contributed by atoms with van der Waals surface area (Å²) in [7, 11) is 0. The van der Waals surface area contributed by atoms with Gasteiger partial charge in [-0.15, -0.1) is 0 Å². The second kappa shape index (κ2) is 6.16. The minimum absolute atomic E-state index is 0.180. The van der Waals surface area contributed by atoms with Gasteiger partial charge >= 0.3 is 0 Å². The lowest BCUT2D eigenvalue weighted by atomic mass is 10.2. The number of rotatable bonds is 5. The molecule has 0 spiro atoms. The first-order valence-electron chi connectivity index (χ1n) is 7.25. The molecular formula is C17H19FN2S. The molecule has 1 aromatic carbocycles. The molecule has 1 aliphatic rings. The Balaban J connectivity index is 1.82. The van der Waals surface area contributed by atoms with Gasteiger partial charge in [-0.25, -0.2) is 9.37 Å². The Bertz CT molecular complexity index is 633. The van der Waals surface area contributed by atoms with Crippen molar-refractivity contribution in [2.45, 2.75) is 49.2 Å². The number of benzene rings is 1. The van der Waals surface area contributed by atoms with Gasteiger partial charge in [0, 0.05) is 23.2 Å². The standard InChI is InChI=1S/C17H19FN2S/c1-11-7-12(2)20-17(8-11)21-16-6-3-14(18)9-13(16)10-19-15-4-5-15/h3,6-9,15,19H,4-5,10H2,1-2H3. The number of halogens is 1. The van der Waals surface area contributed by atoms with Crippen LogP contribution in [0.2, 0.25) is 0 Å². The summed E-state index contributed by atoms with van der Waals surface area (Å²) >= 11 is 1.61. The summed E-state index contributed by atoms with van der Waals surface area (Å²) in [5.74, 6) is -0.180. The normalized spacial score (nSPS) is 14.4. The van der Waals surface area contributed by atoms with Gasteiger partial charge in [0.15, 0.2) is 0 Å². The van der Waals surface area contributed by atoms with Crippen LogP contribution in [0.1, 0.15) is 29.7 Å². The molecule has 0 saturated heterocycles. The van der Waals surface area contributed by atoms with Crippen molar-refractivity contribution in [3.8, 4) is 0 Å². The summed E-state index contributed by atoms with van der Waals surface area (Å²) in [5, 5.41) is 4.41. The van der Waals surface area contributed by atoms with E-state index >= 15 is 0 Å². The maximum absolute atomic E-state index is 13.5. The van der Waals surface area contributed by atoms with E-state index in [2.05, 4.69) is 29.4 Å².